The van der Waals surface area contributed by atoms with E-state index in [1.807, 2.05) is 55.5 Å². The molecule has 0 saturated heterocycles. The Bertz CT molecular complexity index is 729. The predicted octanol–water partition coefficient (Wildman–Crippen LogP) is 3.44. The maximum absolute atomic E-state index is 12.0. The number of anilines is 1. The lowest BCUT2D eigenvalue weighted by atomic mass is 10.3. The number of benzene rings is 1. The molecule has 0 radical (unpaired) electrons. The zero-order valence-electron chi connectivity index (χ0n) is 15.2. The second-order valence-corrected chi connectivity index (χ2v) is 6.66. The number of aromatic nitrogens is 1. The molecule has 0 bridgehead atoms. The number of carbonyl (C=O) groups excluding carboxylic acids is 1. The molecule has 1 aromatic heterocycles. The van der Waals surface area contributed by atoms with Gasteiger partial charge in [0.15, 0.2) is 5.96 Å². The molecule has 2 N–H and O–H groups in total. The minimum Gasteiger partial charge on any atom is -0.356 e. The van der Waals surface area contributed by atoms with Gasteiger partial charge in [0, 0.05) is 56.2 Å². The number of guanidine groups is 1. The largest absolute Gasteiger partial charge is 0.356 e. The van der Waals surface area contributed by atoms with Crippen LogP contribution in [0.3, 0.4) is 0 Å². The van der Waals surface area contributed by atoms with E-state index in [1.54, 1.807) is 7.05 Å². The molecule has 1 amide bonds. The van der Waals surface area contributed by atoms with Crippen LogP contribution in [-0.2, 0) is 18.4 Å². The third kappa shape index (κ3) is 6.99. The van der Waals surface area contributed by atoms with Crippen LogP contribution in [0.1, 0.15) is 12.1 Å². The van der Waals surface area contributed by atoms with Gasteiger partial charge in [0.25, 0.3) is 0 Å². The first-order chi connectivity index (χ1) is 12.0. The summed E-state index contributed by atoms with van der Waals surface area (Å²) in [4.78, 5) is 18.3. The van der Waals surface area contributed by atoms with Crippen molar-refractivity contribution in [1.29, 1.82) is 0 Å². The normalized spacial score (nSPS) is 10.8. The average Bonchev–Trinajstić information content (AvgIpc) is 2.98. The molecular formula is C18H25BrIN5O. The highest BCUT2D eigenvalue weighted by molar-refractivity contribution is 14.0. The molecule has 2 aromatic rings. The van der Waals surface area contributed by atoms with Gasteiger partial charge >= 0.3 is 0 Å². The highest BCUT2D eigenvalue weighted by Gasteiger charge is 2.09. The summed E-state index contributed by atoms with van der Waals surface area (Å²) in [6.07, 6.45) is 2.39. The summed E-state index contributed by atoms with van der Waals surface area (Å²) in [5.74, 6) is 0.730. The van der Waals surface area contributed by atoms with Gasteiger partial charge in [-0.15, -0.1) is 24.0 Å². The molecule has 142 valence electrons. The highest BCUT2D eigenvalue weighted by atomic mass is 127. The number of halogens is 2. The Morgan fingerprint density at radius 1 is 1.27 bits per heavy atom. The monoisotopic (exact) mass is 533 g/mol. The molecule has 1 heterocycles. The van der Waals surface area contributed by atoms with Crippen LogP contribution in [0.25, 0.3) is 0 Å². The number of nitrogens with zero attached hydrogens (tertiary/aromatic N) is 3. The summed E-state index contributed by atoms with van der Waals surface area (Å²) < 4.78 is 3.06. The number of rotatable bonds is 6. The second kappa shape index (κ2) is 11.2. The summed E-state index contributed by atoms with van der Waals surface area (Å²) in [5, 5.41) is 6.10. The third-order valence-electron chi connectivity index (χ3n) is 3.79. The Hall–Kier alpha value is -1.55. The topological polar surface area (TPSA) is 61.7 Å². The number of hydrogen-bond acceptors (Lipinski definition) is 2. The lowest BCUT2D eigenvalue weighted by molar-refractivity contribution is -0.116. The molecule has 0 spiro atoms. The van der Waals surface area contributed by atoms with Gasteiger partial charge in [-0.05, 0) is 36.4 Å². The van der Waals surface area contributed by atoms with Crippen molar-refractivity contribution in [1.82, 2.24) is 14.8 Å². The van der Waals surface area contributed by atoms with Crippen molar-refractivity contribution in [2.24, 2.45) is 12.0 Å². The van der Waals surface area contributed by atoms with Crippen LogP contribution in [0.4, 0.5) is 5.69 Å². The maximum Gasteiger partial charge on any atom is 0.226 e. The Labute approximate surface area is 180 Å². The minimum absolute atomic E-state index is 0. The van der Waals surface area contributed by atoms with Crippen molar-refractivity contribution in [3.8, 4) is 0 Å². The average molecular weight is 534 g/mol. The van der Waals surface area contributed by atoms with Crippen molar-refractivity contribution in [2.75, 3.05) is 26.0 Å². The van der Waals surface area contributed by atoms with E-state index in [9.17, 15) is 4.79 Å². The van der Waals surface area contributed by atoms with E-state index in [4.69, 9.17) is 0 Å². The fourth-order valence-electron chi connectivity index (χ4n) is 2.41. The standard InChI is InChI=1S/C18H24BrN5O.HI/c1-20-18(24(3)13-16-5-4-12-23(16)2)21-11-10-17(25)22-15-8-6-14(19)7-9-15;/h4-9,12H,10-11,13H2,1-3H3,(H,20,21)(H,22,25);1H. The van der Waals surface area contributed by atoms with Crippen LogP contribution in [0, 0.1) is 0 Å². The smallest absolute Gasteiger partial charge is 0.226 e. The Balaban J connectivity index is 0.00000338. The molecule has 2 rings (SSSR count). The van der Waals surface area contributed by atoms with Gasteiger partial charge in [0.1, 0.15) is 0 Å². The number of amides is 1. The number of carbonyl (C=O) groups is 1. The van der Waals surface area contributed by atoms with E-state index < -0.39 is 0 Å². The molecule has 0 aliphatic rings. The third-order valence-corrected chi connectivity index (χ3v) is 4.32. The summed E-state index contributed by atoms with van der Waals surface area (Å²) >= 11 is 3.37. The molecule has 0 unspecified atom stereocenters. The molecule has 0 aliphatic carbocycles. The zero-order valence-corrected chi connectivity index (χ0v) is 19.1. The predicted molar refractivity (Wildman–Crippen MR) is 121 cm³/mol. The van der Waals surface area contributed by atoms with Crippen molar-refractivity contribution in [2.45, 2.75) is 13.0 Å². The Morgan fingerprint density at radius 3 is 2.54 bits per heavy atom. The van der Waals surface area contributed by atoms with Crippen molar-refractivity contribution in [3.63, 3.8) is 0 Å². The van der Waals surface area contributed by atoms with Gasteiger partial charge in [-0.1, -0.05) is 15.9 Å². The summed E-state index contributed by atoms with van der Waals surface area (Å²) in [6.45, 7) is 1.26. The van der Waals surface area contributed by atoms with E-state index in [0.717, 1.165) is 22.7 Å². The van der Waals surface area contributed by atoms with Crippen LogP contribution < -0.4 is 10.6 Å². The fourth-order valence-corrected chi connectivity index (χ4v) is 2.67. The van der Waals surface area contributed by atoms with E-state index in [2.05, 4.69) is 42.2 Å². The van der Waals surface area contributed by atoms with Crippen LogP contribution in [-0.4, -0.2) is 42.0 Å². The molecule has 1 aromatic carbocycles. The Kier molecular flexibility index (Phi) is 9.71. The highest BCUT2D eigenvalue weighted by Crippen LogP contribution is 2.14. The molecule has 0 aliphatic heterocycles. The molecule has 6 nitrogen and oxygen atoms in total. The van der Waals surface area contributed by atoms with E-state index in [1.165, 1.54) is 5.69 Å². The fraction of sp³-hybridized carbons (Fsp3) is 0.333. The number of aryl methyl sites for hydroxylation is 1. The van der Waals surface area contributed by atoms with Gasteiger partial charge < -0.3 is 20.1 Å². The van der Waals surface area contributed by atoms with Gasteiger partial charge in [-0.25, -0.2) is 0 Å². The first kappa shape index (κ1) is 22.5. The van der Waals surface area contributed by atoms with Crippen LogP contribution in [0.5, 0.6) is 0 Å². The van der Waals surface area contributed by atoms with Gasteiger partial charge in [-0.3, -0.25) is 9.79 Å². The van der Waals surface area contributed by atoms with Crippen molar-refractivity contribution in [3.05, 3.63) is 52.8 Å². The zero-order chi connectivity index (χ0) is 18.2. The molecule has 26 heavy (non-hydrogen) atoms. The number of aliphatic imine (C=N–C) groups is 1. The molecular weight excluding hydrogens is 509 g/mol. The lowest BCUT2D eigenvalue weighted by Crippen LogP contribution is -2.40. The van der Waals surface area contributed by atoms with Crippen LogP contribution >= 0.6 is 39.9 Å². The first-order valence-corrected chi connectivity index (χ1v) is 8.86. The van der Waals surface area contributed by atoms with Crippen LogP contribution in [0.15, 0.2) is 52.1 Å². The molecule has 8 heteroatoms. The van der Waals surface area contributed by atoms with Gasteiger partial charge in [-0.2, -0.15) is 0 Å². The van der Waals surface area contributed by atoms with E-state index in [0.29, 0.717) is 13.0 Å². The number of nitrogens with one attached hydrogen (secondary N) is 2. The van der Waals surface area contributed by atoms with Crippen molar-refractivity contribution < 1.29 is 4.79 Å². The van der Waals surface area contributed by atoms with Crippen molar-refractivity contribution >= 4 is 57.5 Å². The molecule has 0 atom stereocenters. The molecule has 0 saturated carbocycles. The summed E-state index contributed by atoms with van der Waals surface area (Å²) in [5.41, 5.74) is 1.98. The Morgan fingerprint density at radius 2 is 1.96 bits per heavy atom. The SMILES string of the molecule is CN=C(NCCC(=O)Nc1ccc(Br)cc1)N(C)Cc1cccn1C.I. The van der Waals surface area contributed by atoms with E-state index >= 15 is 0 Å². The van der Waals surface area contributed by atoms with Crippen LogP contribution in [0.2, 0.25) is 0 Å². The number of hydrogen-bond donors (Lipinski definition) is 2. The van der Waals surface area contributed by atoms with Gasteiger partial charge in [0.2, 0.25) is 5.91 Å². The summed E-state index contributed by atoms with van der Waals surface area (Å²) in [6, 6.07) is 11.6. The van der Waals surface area contributed by atoms with Gasteiger partial charge in [0.05, 0.1) is 6.54 Å². The molecule has 0 fully saturated rings. The van der Waals surface area contributed by atoms with E-state index in [-0.39, 0.29) is 29.9 Å². The quantitative estimate of drug-likeness (QED) is 0.340. The first-order valence-electron chi connectivity index (χ1n) is 8.07. The minimum atomic E-state index is -0.0321. The lowest BCUT2D eigenvalue weighted by Gasteiger charge is -2.22. The summed E-state index contributed by atoms with van der Waals surface area (Å²) in [7, 11) is 5.74. The maximum atomic E-state index is 12.0. The second-order valence-electron chi connectivity index (χ2n) is 5.75.